The zero-order chi connectivity index (χ0) is 49.4. The Hall–Kier alpha value is -5.49. The first-order valence-corrected chi connectivity index (χ1v) is 25.3. The van der Waals surface area contributed by atoms with Crippen LogP contribution in [0.3, 0.4) is 0 Å². The highest BCUT2D eigenvalue weighted by atomic mass is 32.1. The second kappa shape index (κ2) is 20.1. The Morgan fingerprint density at radius 3 is 2.51 bits per heavy atom. The molecule has 0 radical (unpaired) electrons. The fourth-order valence-corrected chi connectivity index (χ4v) is 11.9. The minimum absolute atomic E-state index is 0.0327. The van der Waals surface area contributed by atoms with E-state index in [1.807, 2.05) is 37.1 Å². The molecule has 0 saturated carbocycles. The van der Waals surface area contributed by atoms with Crippen LogP contribution >= 0.6 is 11.3 Å². The minimum Gasteiger partial charge on any atom is -0.378 e. The van der Waals surface area contributed by atoms with Crippen molar-refractivity contribution in [3.63, 3.8) is 0 Å². The molecule has 0 unspecified atom stereocenters. The molecule has 7 heterocycles. The van der Waals surface area contributed by atoms with Crippen LogP contribution in [-0.4, -0.2) is 141 Å². The maximum atomic E-state index is 14.8. The van der Waals surface area contributed by atoms with Gasteiger partial charge in [0, 0.05) is 92.4 Å². The lowest BCUT2D eigenvalue weighted by molar-refractivity contribution is -0.147. The summed E-state index contributed by atoms with van der Waals surface area (Å²) in [5.74, 6) is -1.28. The molecule has 5 amide bonds. The summed E-state index contributed by atoms with van der Waals surface area (Å²) in [7, 11) is 3.33. The second-order valence-corrected chi connectivity index (χ2v) is 21.5. The van der Waals surface area contributed by atoms with Crippen LogP contribution in [0.2, 0.25) is 0 Å². The molecule has 4 aromatic rings. The van der Waals surface area contributed by atoms with Crippen molar-refractivity contribution < 1.29 is 33.4 Å². The zero-order valence-corrected chi connectivity index (χ0v) is 42.3. The van der Waals surface area contributed by atoms with Crippen molar-refractivity contribution in [2.24, 2.45) is 11.3 Å². The first-order valence-electron chi connectivity index (χ1n) is 24.5. The molecule has 2 N–H and O–H groups in total. The second-order valence-electron chi connectivity index (χ2n) is 20.6. The Bertz CT molecular complexity index is 2600. The Balaban J connectivity index is 1.13. The van der Waals surface area contributed by atoms with Gasteiger partial charge in [-0.3, -0.25) is 24.4 Å². The van der Waals surface area contributed by atoms with Gasteiger partial charge in [-0.05, 0) is 99.6 Å². The molecule has 0 aliphatic carbocycles. The summed E-state index contributed by atoms with van der Waals surface area (Å²) in [5, 5.41) is 8.23. The number of thiazole rings is 1. The number of carbonyl (C=O) groups is 5. The van der Waals surface area contributed by atoms with E-state index in [0.29, 0.717) is 76.4 Å². The van der Waals surface area contributed by atoms with Gasteiger partial charge in [-0.25, -0.2) is 15.2 Å². The number of benzene rings is 1. The number of pyridine rings is 1. The van der Waals surface area contributed by atoms with Gasteiger partial charge in [-0.15, -0.1) is 11.3 Å². The van der Waals surface area contributed by atoms with Crippen LogP contribution in [0.4, 0.5) is 4.79 Å². The number of aldehydes is 1. The minimum atomic E-state index is -1.19. The third-order valence-corrected chi connectivity index (χ3v) is 15.8. The van der Waals surface area contributed by atoms with E-state index in [4.69, 9.17) is 19.4 Å². The Labute approximate surface area is 409 Å². The summed E-state index contributed by atoms with van der Waals surface area (Å²) in [6, 6.07) is 8.23. The number of aromatic nitrogens is 3. The third kappa shape index (κ3) is 9.71. The maximum absolute atomic E-state index is 14.8. The smallest absolute Gasteiger partial charge is 0.320 e. The van der Waals surface area contributed by atoms with Crippen molar-refractivity contribution in [3.05, 3.63) is 70.8 Å². The number of likely N-dealkylation sites (tertiary alicyclic amines) is 2. The van der Waals surface area contributed by atoms with E-state index in [9.17, 15) is 24.0 Å². The molecule has 69 heavy (non-hydrogen) atoms. The third-order valence-electron chi connectivity index (χ3n) is 14.9. The number of likely N-dealkylation sites (N-methyl/N-ethyl adjacent to an activating group) is 1. The first-order chi connectivity index (χ1) is 33.0. The van der Waals surface area contributed by atoms with Crippen molar-refractivity contribution in [1.82, 2.24) is 45.0 Å². The average Bonchev–Trinajstić information content (AvgIpc) is 3.93. The van der Waals surface area contributed by atoms with Crippen LogP contribution in [0.15, 0.2) is 54.6 Å². The highest BCUT2D eigenvalue weighted by molar-refractivity contribution is 7.10. The Morgan fingerprint density at radius 1 is 1.09 bits per heavy atom. The SMILES string of the molecule is C=CC(=O)N1CCC12CCN(C(=O)N(C)[C@H](C(=O)N[C@H]1Cc3nc(cs3)-c3ccc4c(c3)c(c(-c3cccnc3[C@H](C)OC)n4CC)CC(C)(C)COC[C@@]3(C=O)CCCN(N3)C1=O)C(C)C)CC2. The lowest BCUT2D eigenvalue weighted by Crippen LogP contribution is -2.67. The molecule has 16 nitrogen and oxygen atoms in total. The van der Waals surface area contributed by atoms with Crippen LogP contribution in [-0.2, 0) is 48.0 Å². The Morgan fingerprint density at radius 2 is 1.84 bits per heavy atom. The van der Waals surface area contributed by atoms with Gasteiger partial charge < -0.3 is 38.9 Å². The predicted octanol–water partition coefficient (Wildman–Crippen LogP) is 6.57. The van der Waals surface area contributed by atoms with Crippen LogP contribution in [0, 0.1) is 11.3 Å². The molecule has 3 fully saturated rings. The van der Waals surface area contributed by atoms with Gasteiger partial charge in [0.1, 0.15) is 23.9 Å². The highest BCUT2D eigenvalue weighted by Gasteiger charge is 2.49. The standard InChI is InChI=1S/C52H69N9O7S/c1-10-43(63)60-25-20-52(60)18-23-58(24-19-52)49(66)57(8)45(33(3)4)47(64)55-39-27-42-54-40(29-69-42)35-15-16-41-37(26-35)38(46(59(41)11-2)36-14-12-21-53-44(36)34(5)67-9)28-50(6,7)31-68-32-51(30-62)17-13-22-61(56-51)48(39)65/h10,12,14-16,21,26,29-30,33-34,39,45,56H,1,11,13,17-20,22-25,27-28,31-32H2,2-9H3,(H,55,64)/t34-,39-,45-,51-/m0/s1. The number of nitrogens with zero attached hydrogens (tertiary/aromatic N) is 7. The van der Waals surface area contributed by atoms with Crippen molar-refractivity contribution in [2.45, 2.75) is 122 Å². The van der Waals surface area contributed by atoms with Crippen molar-refractivity contribution >= 4 is 52.3 Å². The van der Waals surface area contributed by atoms with E-state index in [0.717, 1.165) is 57.4 Å². The predicted molar refractivity (Wildman–Crippen MR) is 266 cm³/mol. The normalized spacial score (nSPS) is 22.4. The Kier molecular flexibility index (Phi) is 14.5. The van der Waals surface area contributed by atoms with Crippen LogP contribution in [0.1, 0.15) is 96.0 Å². The zero-order valence-electron chi connectivity index (χ0n) is 41.5. The van der Waals surface area contributed by atoms with E-state index >= 15 is 0 Å². The lowest BCUT2D eigenvalue weighted by Gasteiger charge is -2.56. The summed E-state index contributed by atoms with van der Waals surface area (Å²) < 4.78 is 14.7. The molecule has 4 aliphatic heterocycles. The number of fused-ring (bicyclic) bond motifs is 6. The number of hydrogen-bond acceptors (Lipinski definition) is 11. The maximum Gasteiger partial charge on any atom is 0.320 e. The molecule has 4 aliphatic rings. The number of piperidine rings is 1. The number of aryl methyl sites for hydroxylation is 1. The van der Waals surface area contributed by atoms with Gasteiger partial charge in [0.05, 0.1) is 41.4 Å². The number of urea groups is 1. The van der Waals surface area contributed by atoms with Gasteiger partial charge in [-0.1, -0.05) is 40.3 Å². The molecule has 4 atom stereocenters. The van der Waals surface area contributed by atoms with Gasteiger partial charge in [0.25, 0.3) is 5.91 Å². The molecular weight excluding hydrogens is 895 g/mol. The van der Waals surface area contributed by atoms with Crippen molar-refractivity contribution in [3.8, 4) is 22.5 Å². The number of ether oxygens (including phenoxy) is 2. The number of methoxy groups -OCH3 is 1. The van der Waals surface area contributed by atoms with Crippen LogP contribution in [0.5, 0.6) is 0 Å². The molecule has 1 aromatic carbocycles. The van der Waals surface area contributed by atoms with E-state index in [1.54, 1.807) is 25.3 Å². The van der Waals surface area contributed by atoms with Gasteiger partial charge in [0.15, 0.2) is 0 Å². The molecule has 6 bridgehead atoms. The summed E-state index contributed by atoms with van der Waals surface area (Å²) >= 11 is 1.42. The molecule has 8 rings (SSSR count). The van der Waals surface area contributed by atoms with Gasteiger partial charge in [0.2, 0.25) is 11.8 Å². The van der Waals surface area contributed by atoms with Crippen LogP contribution < -0.4 is 10.7 Å². The molecule has 17 heteroatoms. The summed E-state index contributed by atoms with van der Waals surface area (Å²) in [5.41, 5.74) is 8.19. The molecule has 3 saturated heterocycles. The summed E-state index contributed by atoms with van der Waals surface area (Å²) in [4.78, 5) is 84.3. The first kappa shape index (κ1) is 49.9. The number of hydrazine groups is 1. The monoisotopic (exact) mass is 964 g/mol. The van der Waals surface area contributed by atoms with Gasteiger partial charge in [-0.2, -0.15) is 0 Å². The quantitative estimate of drug-likeness (QED) is 0.131. The fraction of sp³-hybridized carbons (Fsp3) is 0.558. The number of nitrogens with one attached hydrogen (secondary N) is 2. The van der Waals surface area contributed by atoms with Crippen molar-refractivity contribution in [1.29, 1.82) is 0 Å². The number of amides is 5. The van der Waals surface area contributed by atoms with E-state index in [2.05, 4.69) is 66.9 Å². The summed E-state index contributed by atoms with van der Waals surface area (Å²) in [6.07, 6.45) is 7.62. The molecule has 1 spiro atoms. The van der Waals surface area contributed by atoms with E-state index in [-0.39, 0.29) is 42.5 Å². The van der Waals surface area contributed by atoms with Gasteiger partial charge >= 0.3 is 6.03 Å². The highest BCUT2D eigenvalue weighted by Crippen LogP contribution is 2.43. The van der Waals surface area contributed by atoms with Crippen molar-refractivity contribution in [2.75, 3.05) is 53.6 Å². The molecular formula is C52H69N9O7S. The fourth-order valence-electron chi connectivity index (χ4n) is 11.1. The van der Waals surface area contributed by atoms with E-state index < -0.39 is 34.9 Å². The number of carbonyl (C=O) groups excluding carboxylic acids is 5. The largest absolute Gasteiger partial charge is 0.378 e. The number of hydrogen-bond donors (Lipinski definition) is 2. The van der Waals surface area contributed by atoms with E-state index in [1.165, 1.54) is 27.3 Å². The summed E-state index contributed by atoms with van der Waals surface area (Å²) in [6.45, 7) is 18.9. The lowest BCUT2D eigenvalue weighted by atomic mass is 9.76. The van der Waals surface area contributed by atoms with Crippen LogP contribution in [0.25, 0.3) is 33.4 Å². The molecule has 370 valence electrons. The average molecular weight is 964 g/mol. The topological polar surface area (TPSA) is 172 Å². The molecule has 3 aromatic heterocycles. The number of rotatable bonds is 10.